The second-order valence-corrected chi connectivity index (χ2v) is 3.94. The minimum absolute atomic E-state index is 0.142. The van der Waals surface area contributed by atoms with E-state index >= 15 is 0 Å². The van der Waals surface area contributed by atoms with Crippen LogP contribution in [-0.4, -0.2) is 32.6 Å². The number of pyridine rings is 1. The van der Waals surface area contributed by atoms with Crippen molar-refractivity contribution in [2.24, 2.45) is 0 Å². The molecule has 0 aliphatic heterocycles. The van der Waals surface area contributed by atoms with Gasteiger partial charge in [0, 0.05) is 30.9 Å². The molecule has 0 fully saturated rings. The van der Waals surface area contributed by atoms with Gasteiger partial charge >= 0.3 is 0 Å². The van der Waals surface area contributed by atoms with E-state index in [1.54, 1.807) is 36.1 Å². The number of nitrogen functional groups attached to an aromatic ring is 1. The molecule has 2 aromatic rings. The topological polar surface area (TPSA) is 126 Å². The largest absolute Gasteiger partial charge is 0.370 e. The van der Waals surface area contributed by atoms with Crippen LogP contribution in [0.25, 0.3) is 11.3 Å². The highest BCUT2D eigenvalue weighted by Crippen LogP contribution is 2.19. The summed E-state index contributed by atoms with van der Waals surface area (Å²) in [6.45, 7) is 0.356. The summed E-state index contributed by atoms with van der Waals surface area (Å²) in [5.74, 6) is 0.344. The molecular weight excluding hydrogens is 260 g/mol. The molecule has 1 amide bonds. The van der Waals surface area contributed by atoms with E-state index in [1.807, 2.05) is 0 Å². The minimum atomic E-state index is -0.461. The van der Waals surface area contributed by atoms with Gasteiger partial charge in [0.05, 0.1) is 5.69 Å². The molecule has 0 radical (unpaired) electrons. The third kappa shape index (κ3) is 3.62. The lowest BCUT2D eigenvalue weighted by Gasteiger charge is -2.07. The maximum atomic E-state index is 10.9. The molecule has 2 aromatic heterocycles. The molecule has 0 unspecified atom stereocenters. The van der Waals surface area contributed by atoms with Crippen molar-refractivity contribution in [1.82, 2.24) is 20.4 Å². The van der Waals surface area contributed by atoms with Crippen LogP contribution < -0.4 is 16.5 Å². The van der Waals surface area contributed by atoms with Crippen LogP contribution in [0.2, 0.25) is 0 Å². The molecule has 2 heterocycles. The van der Waals surface area contributed by atoms with E-state index in [4.69, 9.17) is 10.9 Å². The lowest BCUT2D eigenvalue weighted by molar-refractivity contribution is -0.128. The van der Waals surface area contributed by atoms with Gasteiger partial charge < -0.3 is 11.1 Å². The van der Waals surface area contributed by atoms with Gasteiger partial charge in [0.1, 0.15) is 5.82 Å². The van der Waals surface area contributed by atoms with Gasteiger partial charge in [-0.05, 0) is 18.2 Å². The zero-order valence-electron chi connectivity index (χ0n) is 10.6. The van der Waals surface area contributed by atoms with Crippen molar-refractivity contribution < 1.29 is 10.0 Å². The monoisotopic (exact) mass is 274 g/mol. The molecule has 0 aliphatic rings. The van der Waals surface area contributed by atoms with E-state index in [1.165, 1.54) is 0 Å². The third-order valence-electron chi connectivity index (χ3n) is 2.51. The van der Waals surface area contributed by atoms with E-state index in [0.717, 1.165) is 5.56 Å². The fraction of sp³-hybridized carbons (Fsp3) is 0.167. The van der Waals surface area contributed by atoms with Crippen LogP contribution in [0.5, 0.6) is 0 Å². The van der Waals surface area contributed by atoms with E-state index in [0.29, 0.717) is 18.1 Å². The molecule has 2 rings (SSSR count). The number of rotatable bonds is 5. The van der Waals surface area contributed by atoms with Gasteiger partial charge in [0.25, 0.3) is 0 Å². The molecule has 8 heteroatoms. The first-order chi connectivity index (χ1) is 9.69. The number of nitrogens with two attached hydrogens (primary N) is 1. The van der Waals surface area contributed by atoms with Crippen molar-refractivity contribution in [1.29, 1.82) is 0 Å². The molecule has 20 heavy (non-hydrogen) atoms. The van der Waals surface area contributed by atoms with Gasteiger partial charge in [0.2, 0.25) is 11.9 Å². The number of carbonyl (C=O) groups is 1. The number of nitrogens with zero attached hydrogens (tertiary/aromatic N) is 3. The maximum absolute atomic E-state index is 10.9. The molecule has 8 nitrogen and oxygen atoms in total. The number of aromatic nitrogens is 3. The third-order valence-corrected chi connectivity index (χ3v) is 2.51. The Kier molecular flexibility index (Phi) is 4.40. The van der Waals surface area contributed by atoms with Crippen LogP contribution >= 0.6 is 0 Å². The summed E-state index contributed by atoms with van der Waals surface area (Å²) in [4.78, 5) is 23.0. The number of anilines is 2. The zero-order valence-corrected chi connectivity index (χ0v) is 10.6. The molecule has 0 aliphatic carbocycles. The Balaban J connectivity index is 2.06. The van der Waals surface area contributed by atoms with Crippen molar-refractivity contribution >= 4 is 17.7 Å². The molecule has 0 bridgehead atoms. The van der Waals surface area contributed by atoms with Gasteiger partial charge in [-0.1, -0.05) is 0 Å². The summed E-state index contributed by atoms with van der Waals surface area (Å²) < 4.78 is 0. The average molecular weight is 274 g/mol. The van der Waals surface area contributed by atoms with E-state index in [9.17, 15) is 4.79 Å². The van der Waals surface area contributed by atoms with Crippen LogP contribution in [0.4, 0.5) is 11.8 Å². The van der Waals surface area contributed by atoms with Gasteiger partial charge in [-0.3, -0.25) is 10.0 Å². The maximum Gasteiger partial charge on any atom is 0.245 e. The fourth-order valence-corrected chi connectivity index (χ4v) is 1.58. The van der Waals surface area contributed by atoms with Crippen molar-refractivity contribution in [2.75, 3.05) is 17.6 Å². The summed E-state index contributed by atoms with van der Waals surface area (Å²) >= 11 is 0. The highest BCUT2D eigenvalue weighted by Gasteiger charge is 2.03. The molecular formula is C12H14N6O2. The second-order valence-electron chi connectivity index (χ2n) is 3.94. The molecule has 0 aromatic carbocycles. The Labute approximate surface area is 115 Å². The van der Waals surface area contributed by atoms with Crippen molar-refractivity contribution in [3.05, 3.63) is 30.6 Å². The predicted octanol–water partition coefficient (Wildman–Crippen LogP) is 0.428. The van der Waals surface area contributed by atoms with Crippen molar-refractivity contribution in [2.45, 2.75) is 6.42 Å². The van der Waals surface area contributed by atoms with Gasteiger partial charge in [-0.25, -0.2) is 20.4 Å². The smallest absolute Gasteiger partial charge is 0.245 e. The molecule has 5 N–H and O–H groups in total. The SMILES string of the molecule is Nc1nccc(-c2ccnc(NCCC(=O)NO)c2)n1. The Bertz CT molecular complexity index is 604. The Morgan fingerprint density at radius 3 is 2.85 bits per heavy atom. The van der Waals surface area contributed by atoms with Gasteiger partial charge in [0.15, 0.2) is 0 Å². The standard InChI is InChI=1S/C12H14N6O2/c13-12-16-5-2-9(17-12)8-1-4-14-10(7-8)15-6-3-11(19)18-20/h1-2,4-5,7,20H,3,6H2,(H,14,15)(H,18,19)(H2,13,16,17). The molecule has 0 spiro atoms. The Morgan fingerprint density at radius 1 is 1.30 bits per heavy atom. The predicted molar refractivity (Wildman–Crippen MR) is 72.7 cm³/mol. The van der Waals surface area contributed by atoms with Gasteiger partial charge in [-0.2, -0.15) is 0 Å². The van der Waals surface area contributed by atoms with E-state index in [2.05, 4.69) is 20.3 Å². The number of hydrogen-bond acceptors (Lipinski definition) is 7. The first kappa shape index (κ1) is 13.7. The number of amides is 1. The summed E-state index contributed by atoms with van der Waals surface area (Å²) in [6.07, 6.45) is 3.35. The lowest BCUT2D eigenvalue weighted by Crippen LogP contribution is -2.21. The first-order valence-electron chi connectivity index (χ1n) is 5.91. The highest BCUT2D eigenvalue weighted by molar-refractivity contribution is 5.75. The van der Waals surface area contributed by atoms with Crippen LogP contribution in [0.15, 0.2) is 30.6 Å². The van der Waals surface area contributed by atoms with Gasteiger partial charge in [-0.15, -0.1) is 0 Å². The summed E-state index contributed by atoms with van der Waals surface area (Å²) in [5.41, 5.74) is 8.63. The minimum Gasteiger partial charge on any atom is -0.370 e. The van der Waals surface area contributed by atoms with Crippen molar-refractivity contribution in [3.63, 3.8) is 0 Å². The van der Waals surface area contributed by atoms with Crippen LogP contribution in [0.3, 0.4) is 0 Å². The average Bonchev–Trinajstić information content (AvgIpc) is 2.47. The molecule has 0 atom stereocenters. The molecule has 0 saturated heterocycles. The summed E-state index contributed by atoms with van der Waals surface area (Å²) in [7, 11) is 0. The Morgan fingerprint density at radius 2 is 2.10 bits per heavy atom. The van der Waals surface area contributed by atoms with Crippen LogP contribution in [-0.2, 0) is 4.79 Å². The number of hydroxylamine groups is 1. The lowest BCUT2D eigenvalue weighted by atomic mass is 10.2. The second kappa shape index (κ2) is 6.43. The first-order valence-corrected chi connectivity index (χ1v) is 5.91. The molecule has 104 valence electrons. The normalized spacial score (nSPS) is 10.1. The fourth-order valence-electron chi connectivity index (χ4n) is 1.58. The van der Waals surface area contributed by atoms with E-state index < -0.39 is 5.91 Å². The number of hydrogen-bond donors (Lipinski definition) is 4. The van der Waals surface area contributed by atoms with Crippen LogP contribution in [0.1, 0.15) is 6.42 Å². The number of nitrogens with one attached hydrogen (secondary N) is 2. The highest BCUT2D eigenvalue weighted by atomic mass is 16.5. The quantitative estimate of drug-likeness (QED) is 0.460. The van der Waals surface area contributed by atoms with Crippen molar-refractivity contribution in [3.8, 4) is 11.3 Å². The summed E-state index contributed by atoms with van der Waals surface area (Å²) in [6, 6.07) is 5.33. The summed E-state index contributed by atoms with van der Waals surface area (Å²) in [5, 5.41) is 11.4. The molecule has 0 saturated carbocycles. The Hall–Kier alpha value is -2.74. The zero-order chi connectivity index (χ0) is 14.4. The van der Waals surface area contributed by atoms with E-state index in [-0.39, 0.29) is 12.4 Å². The number of carbonyl (C=O) groups excluding carboxylic acids is 1. The van der Waals surface area contributed by atoms with Crippen LogP contribution in [0, 0.1) is 0 Å².